The summed E-state index contributed by atoms with van der Waals surface area (Å²) < 4.78 is 0. The molecule has 0 spiro atoms. The Kier molecular flexibility index (Phi) is 4.79. The summed E-state index contributed by atoms with van der Waals surface area (Å²) in [4.78, 5) is 4.68. The van der Waals surface area contributed by atoms with Crippen molar-refractivity contribution in [3.05, 3.63) is 72.0 Å². The van der Waals surface area contributed by atoms with Crippen molar-refractivity contribution in [3.63, 3.8) is 0 Å². The Morgan fingerprint density at radius 1 is 1.00 bits per heavy atom. The fourth-order valence-electron chi connectivity index (χ4n) is 2.69. The van der Waals surface area contributed by atoms with E-state index in [0.717, 1.165) is 22.6 Å². The van der Waals surface area contributed by atoms with E-state index in [1.165, 1.54) is 0 Å². The Hall–Kier alpha value is -2.83. The van der Waals surface area contributed by atoms with Gasteiger partial charge < -0.3 is 10.7 Å². The number of hydrogen-bond acceptors (Lipinski definition) is 6. The Balaban J connectivity index is 1.96. The molecule has 6 nitrogen and oxygen atoms in total. The van der Waals surface area contributed by atoms with Gasteiger partial charge >= 0.3 is 0 Å². The maximum Gasteiger partial charge on any atom is 0.211 e. The van der Waals surface area contributed by atoms with E-state index < -0.39 is 0 Å². The van der Waals surface area contributed by atoms with E-state index in [2.05, 4.69) is 15.7 Å². The zero-order chi connectivity index (χ0) is 16.9. The number of allylic oxidation sites excluding steroid dienone is 1. The third kappa shape index (κ3) is 3.24. The minimum Gasteiger partial charge on any atom is -0.346 e. The van der Waals surface area contributed by atoms with Gasteiger partial charge in [0, 0.05) is 31.6 Å². The highest BCUT2D eigenvalue weighted by atomic mass is 15.7. The monoisotopic (exact) mass is 322 g/mol. The number of hydrazine groups is 2. The summed E-state index contributed by atoms with van der Waals surface area (Å²) in [5.41, 5.74) is 5.82. The lowest BCUT2D eigenvalue weighted by Gasteiger charge is -2.40. The van der Waals surface area contributed by atoms with Crippen LogP contribution in [-0.4, -0.2) is 36.6 Å². The summed E-state index contributed by atoms with van der Waals surface area (Å²) in [6, 6.07) is 20.0. The van der Waals surface area contributed by atoms with Crippen molar-refractivity contribution in [1.29, 1.82) is 0 Å². The number of nitrogens with one attached hydrogen (secondary N) is 2. The van der Waals surface area contributed by atoms with E-state index in [1.807, 2.05) is 91.0 Å². The van der Waals surface area contributed by atoms with Crippen molar-refractivity contribution in [1.82, 2.24) is 15.4 Å². The molecule has 0 aromatic heterocycles. The number of nitrogens with two attached hydrogens (primary N) is 1. The van der Waals surface area contributed by atoms with Gasteiger partial charge in [-0.05, 0) is 17.7 Å². The lowest BCUT2D eigenvalue weighted by molar-refractivity contribution is 0.0249. The molecule has 1 aliphatic rings. The molecule has 0 fully saturated rings. The van der Waals surface area contributed by atoms with Gasteiger partial charge in [0.15, 0.2) is 0 Å². The molecule has 2 aromatic rings. The van der Waals surface area contributed by atoms with Gasteiger partial charge in [-0.25, -0.2) is 20.9 Å². The Labute approximate surface area is 142 Å². The van der Waals surface area contributed by atoms with Gasteiger partial charge in [-0.15, -0.1) is 0 Å². The van der Waals surface area contributed by atoms with E-state index in [4.69, 9.17) is 5.84 Å². The molecule has 2 aromatic carbocycles. The third-order valence-electron chi connectivity index (χ3n) is 3.78. The van der Waals surface area contributed by atoms with Crippen LogP contribution in [0.1, 0.15) is 5.56 Å². The van der Waals surface area contributed by atoms with Gasteiger partial charge in [0.25, 0.3) is 0 Å². The summed E-state index contributed by atoms with van der Waals surface area (Å²) in [5, 5.41) is 7.34. The lowest BCUT2D eigenvalue weighted by Crippen LogP contribution is -2.53. The second-order valence-electron chi connectivity index (χ2n) is 5.63. The number of aliphatic imine (C=N–C) groups is 1. The third-order valence-corrected chi connectivity index (χ3v) is 3.78. The summed E-state index contributed by atoms with van der Waals surface area (Å²) in [6.45, 7) is 0. The molecule has 0 aliphatic carbocycles. The van der Waals surface area contributed by atoms with Crippen LogP contribution in [0.15, 0.2) is 71.5 Å². The molecule has 1 unspecified atom stereocenters. The van der Waals surface area contributed by atoms with Crippen molar-refractivity contribution in [2.45, 2.75) is 6.29 Å². The topological polar surface area (TPSA) is 68.9 Å². The molecule has 0 amide bonds. The quantitative estimate of drug-likeness (QED) is 0.581. The SMILES string of the molecule is CN(C)N1C(NN)=C(c2ccccc2)C=NC1Nc1ccccc1. The summed E-state index contributed by atoms with van der Waals surface area (Å²) in [6.07, 6.45) is 1.56. The molecule has 0 saturated carbocycles. The molecule has 0 saturated heterocycles. The van der Waals surface area contributed by atoms with Crippen molar-refractivity contribution in [2.75, 3.05) is 19.4 Å². The molecule has 24 heavy (non-hydrogen) atoms. The smallest absolute Gasteiger partial charge is 0.211 e. The van der Waals surface area contributed by atoms with Crippen LogP contribution in [0.25, 0.3) is 5.57 Å². The minimum atomic E-state index is -0.291. The maximum atomic E-state index is 5.85. The first kappa shape index (κ1) is 16.0. The fraction of sp³-hybridized carbons (Fsp3) is 0.167. The molecule has 4 N–H and O–H groups in total. The zero-order valence-corrected chi connectivity index (χ0v) is 13.8. The van der Waals surface area contributed by atoms with Crippen LogP contribution in [0, 0.1) is 0 Å². The van der Waals surface area contributed by atoms with E-state index in [9.17, 15) is 0 Å². The molecule has 0 radical (unpaired) electrons. The Morgan fingerprint density at radius 2 is 1.62 bits per heavy atom. The summed E-state index contributed by atoms with van der Waals surface area (Å²) in [5.74, 6) is 6.64. The van der Waals surface area contributed by atoms with Crippen LogP contribution in [0.3, 0.4) is 0 Å². The van der Waals surface area contributed by atoms with Crippen LogP contribution in [0.4, 0.5) is 5.69 Å². The van der Waals surface area contributed by atoms with E-state index in [-0.39, 0.29) is 6.29 Å². The van der Waals surface area contributed by atoms with Crippen LogP contribution in [0.2, 0.25) is 0 Å². The van der Waals surface area contributed by atoms with Gasteiger partial charge in [0.1, 0.15) is 5.82 Å². The Morgan fingerprint density at radius 3 is 2.21 bits per heavy atom. The van der Waals surface area contributed by atoms with Gasteiger partial charge in [-0.1, -0.05) is 48.5 Å². The van der Waals surface area contributed by atoms with Crippen molar-refractivity contribution in [3.8, 4) is 0 Å². The van der Waals surface area contributed by atoms with Crippen LogP contribution in [-0.2, 0) is 0 Å². The molecule has 3 rings (SSSR count). The lowest BCUT2D eigenvalue weighted by atomic mass is 10.1. The molecule has 1 atom stereocenters. The van der Waals surface area contributed by atoms with Crippen LogP contribution >= 0.6 is 0 Å². The average Bonchev–Trinajstić information content (AvgIpc) is 2.62. The normalized spacial score (nSPS) is 17.3. The molecule has 124 valence electrons. The van der Waals surface area contributed by atoms with E-state index in [1.54, 1.807) is 0 Å². The minimum absolute atomic E-state index is 0.291. The number of benzene rings is 2. The number of nitrogens with zero attached hydrogens (tertiary/aromatic N) is 3. The molecule has 6 heteroatoms. The first-order chi connectivity index (χ1) is 11.7. The number of rotatable bonds is 5. The second-order valence-corrected chi connectivity index (χ2v) is 5.63. The standard InChI is InChI=1S/C18H22N6/c1-23(2)24-17(22-19)16(14-9-5-3-6-10-14)13-20-18(24)21-15-11-7-4-8-12-15/h3-13,18,21-22H,19H2,1-2H3. The largest absolute Gasteiger partial charge is 0.346 e. The average molecular weight is 322 g/mol. The summed E-state index contributed by atoms with van der Waals surface area (Å²) >= 11 is 0. The second kappa shape index (κ2) is 7.16. The first-order valence-electron chi connectivity index (χ1n) is 7.78. The summed E-state index contributed by atoms with van der Waals surface area (Å²) in [7, 11) is 3.92. The molecule has 0 bridgehead atoms. The maximum absolute atomic E-state index is 5.85. The molecular formula is C18H22N6. The van der Waals surface area contributed by atoms with Gasteiger partial charge in [-0.3, -0.25) is 0 Å². The molecule has 1 aliphatic heterocycles. The van der Waals surface area contributed by atoms with Crippen LogP contribution < -0.4 is 16.6 Å². The predicted octanol–water partition coefficient (Wildman–Crippen LogP) is 2.08. The van der Waals surface area contributed by atoms with Crippen molar-refractivity contribution < 1.29 is 0 Å². The number of para-hydroxylation sites is 1. The Bertz CT molecular complexity index is 724. The van der Waals surface area contributed by atoms with Gasteiger partial charge in [0.05, 0.1) is 0 Å². The zero-order valence-electron chi connectivity index (χ0n) is 13.8. The highest BCUT2D eigenvalue weighted by Crippen LogP contribution is 2.25. The van der Waals surface area contributed by atoms with Crippen LogP contribution in [0.5, 0.6) is 0 Å². The van der Waals surface area contributed by atoms with Gasteiger partial charge in [0.2, 0.25) is 6.29 Å². The highest BCUT2D eigenvalue weighted by molar-refractivity contribution is 6.11. The van der Waals surface area contributed by atoms with E-state index in [0.29, 0.717) is 0 Å². The molecule has 1 heterocycles. The number of anilines is 1. The van der Waals surface area contributed by atoms with Gasteiger partial charge in [-0.2, -0.15) is 0 Å². The van der Waals surface area contributed by atoms with Crippen molar-refractivity contribution >= 4 is 17.5 Å². The highest BCUT2D eigenvalue weighted by Gasteiger charge is 2.28. The van der Waals surface area contributed by atoms with Crippen molar-refractivity contribution in [2.24, 2.45) is 10.8 Å². The fourth-order valence-corrected chi connectivity index (χ4v) is 2.69. The predicted molar refractivity (Wildman–Crippen MR) is 98.6 cm³/mol. The first-order valence-corrected chi connectivity index (χ1v) is 7.78. The van der Waals surface area contributed by atoms with E-state index >= 15 is 0 Å². The molecular weight excluding hydrogens is 300 g/mol. The number of hydrogen-bond donors (Lipinski definition) is 3.